The molecule has 3 N–H and O–H groups in total. The average molecular weight is 566 g/mol. The van der Waals surface area contributed by atoms with Gasteiger partial charge in [-0.15, -0.1) is 13.2 Å². The summed E-state index contributed by atoms with van der Waals surface area (Å²) < 4.78 is 69.9. The van der Waals surface area contributed by atoms with E-state index in [0.717, 1.165) is 54.5 Å². The monoisotopic (exact) mass is 565 g/mol. The predicted molar refractivity (Wildman–Crippen MR) is 145 cm³/mol. The molecular weight excluding hydrogens is 531 g/mol. The fraction of sp³-hybridized carbons (Fsp3) is 0.481. The Morgan fingerprint density at radius 3 is 2.18 bits per heavy atom. The van der Waals surface area contributed by atoms with Crippen molar-refractivity contribution in [3.8, 4) is 5.75 Å². The van der Waals surface area contributed by atoms with Crippen molar-refractivity contribution in [3.63, 3.8) is 0 Å². The number of alkyl halides is 3. The topological polar surface area (TPSA) is 105 Å². The second-order valence-corrected chi connectivity index (χ2v) is 12.6. The Labute approximate surface area is 226 Å². The van der Waals surface area contributed by atoms with Crippen molar-refractivity contribution >= 4 is 32.7 Å². The van der Waals surface area contributed by atoms with Crippen molar-refractivity contribution in [2.45, 2.75) is 63.3 Å². The number of sulfonamides is 1. The quantitative estimate of drug-likeness (QED) is 0.295. The third-order valence-corrected chi connectivity index (χ3v) is 8.00. The summed E-state index contributed by atoms with van der Waals surface area (Å²) in [5.41, 5.74) is 0.682. The Hall–Kier alpha value is -3.12. The first-order valence-corrected chi connectivity index (χ1v) is 14.4. The molecule has 0 saturated heterocycles. The number of hydrogen-bond acceptors (Lipinski definition) is 7. The first kappa shape index (κ1) is 28.9. The highest BCUT2D eigenvalue weighted by Gasteiger charge is 2.34. The van der Waals surface area contributed by atoms with Gasteiger partial charge in [0.15, 0.2) is 0 Å². The Morgan fingerprint density at radius 1 is 0.897 bits per heavy atom. The lowest BCUT2D eigenvalue weighted by Crippen LogP contribution is -2.33. The van der Waals surface area contributed by atoms with Gasteiger partial charge in [-0.2, -0.15) is 4.98 Å². The maximum Gasteiger partial charge on any atom is 0.573 e. The number of fused-ring (bicyclic) bond motifs is 1. The Bertz CT molecular complexity index is 1390. The molecule has 3 aromatic rings. The largest absolute Gasteiger partial charge is 0.573 e. The first-order valence-electron chi connectivity index (χ1n) is 12.9. The minimum atomic E-state index is -4.99. The number of halogens is 3. The molecule has 12 heteroatoms. The van der Waals surface area contributed by atoms with E-state index < -0.39 is 27.0 Å². The van der Waals surface area contributed by atoms with E-state index in [9.17, 15) is 21.6 Å². The molecule has 8 nitrogen and oxygen atoms in total. The second kappa shape index (κ2) is 11.5. The molecule has 1 heterocycles. The lowest BCUT2D eigenvalue weighted by Gasteiger charge is -2.29. The van der Waals surface area contributed by atoms with Crippen LogP contribution in [0.25, 0.3) is 10.9 Å². The third kappa shape index (κ3) is 8.18. The van der Waals surface area contributed by atoms with Crippen LogP contribution in [0.2, 0.25) is 0 Å². The molecule has 1 aromatic heterocycles. The summed E-state index contributed by atoms with van der Waals surface area (Å²) in [6.07, 6.45) is -1.63. The van der Waals surface area contributed by atoms with E-state index in [1.165, 1.54) is 12.1 Å². The van der Waals surface area contributed by atoms with E-state index >= 15 is 0 Å². The molecule has 1 fully saturated rings. The molecule has 0 amide bonds. The van der Waals surface area contributed by atoms with Gasteiger partial charge in [0.05, 0.1) is 5.52 Å². The highest BCUT2D eigenvalue weighted by molar-refractivity contribution is 7.89. The second-order valence-electron chi connectivity index (χ2n) is 10.9. The third-order valence-electron chi connectivity index (χ3n) is 6.54. The van der Waals surface area contributed by atoms with Gasteiger partial charge in [0.25, 0.3) is 0 Å². The molecule has 1 aliphatic rings. The molecule has 212 valence electrons. The van der Waals surface area contributed by atoms with Crippen LogP contribution in [0.5, 0.6) is 5.75 Å². The molecular formula is C27H34F3N5O3S. The summed E-state index contributed by atoms with van der Waals surface area (Å²) in [5, 5.41) is 7.77. The van der Waals surface area contributed by atoms with Crippen LogP contribution in [0, 0.1) is 11.8 Å². The fourth-order valence-corrected chi connectivity index (χ4v) is 5.91. The number of anilines is 2. The van der Waals surface area contributed by atoms with Crippen LogP contribution in [0.15, 0.2) is 53.4 Å². The van der Waals surface area contributed by atoms with E-state index in [1.807, 2.05) is 24.3 Å². The lowest BCUT2D eigenvalue weighted by atomic mass is 9.82. The molecule has 39 heavy (non-hydrogen) atoms. The number of rotatable bonds is 9. The fourth-order valence-electron chi connectivity index (χ4n) is 4.67. The van der Waals surface area contributed by atoms with E-state index in [0.29, 0.717) is 18.4 Å². The van der Waals surface area contributed by atoms with Crippen molar-refractivity contribution in [2.24, 2.45) is 11.8 Å². The number of ether oxygens (including phenoxy) is 1. The molecule has 0 radical (unpaired) electrons. The van der Waals surface area contributed by atoms with Crippen LogP contribution in [0.1, 0.15) is 46.5 Å². The van der Waals surface area contributed by atoms with E-state index in [4.69, 9.17) is 4.98 Å². The molecule has 0 unspecified atom stereocenters. The van der Waals surface area contributed by atoms with Gasteiger partial charge in [-0.3, -0.25) is 0 Å². The van der Waals surface area contributed by atoms with Gasteiger partial charge in [0.2, 0.25) is 16.0 Å². The van der Waals surface area contributed by atoms with Gasteiger partial charge >= 0.3 is 6.36 Å². The van der Waals surface area contributed by atoms with Crippen molar-refractivity contribution in [1.82, 2.24) is 14.7 Å². The van der Waals surface area contributed by atoms with Gasteiger partial charge in [-0.05, 0) is 82.6 Å². The van der Waals surface area contributed by atoms with Gasteiger partial charge in [0.1, 0.15) is 16.5 Å². The summed E-state index contributed by atoms with van der Waals surface area (Å²) in [6, 6.07) is 12.6. The van der Waals surface area contributed by atoms with Crippen molar-refractivity contribution in [1.29, 1.82) is 0 Å². The number of hydrogen-bond donors (Lipinski definition) is 3. The smallest absolute Gasteiger partial charge is 0.404 e. The van der Waals surface area contributed by atoms with Crippen molar-refractivity contribution < 1.29 is 26.3 Å². The summed E-state index contributed by atoms with van der Waals surface area (Å²) in [7, 11) is -4.17. The zero-order valence-electron chi connectivity index (χ0n) is 22.2. The normalized spacial score (nSPS) is 18.6. The minimum absolute atomic E-state index is 0.0891. The van der Waals surface area contributed by atoms with Crippen LogP contribution in [-0.4, -0.2) is 43.4 Å². The van der Waals surface area contributed by atoms with Crippen LogP contribution >= 0.6 is 0 Å². The Balaban J connectivity index is 1.31. The minimum Gasteiger partial charge on any atom is -0.404 e. The number of nitrogens with one attached hydrogen (secondary N) is 3. The highest BCUT2D eigenvalue weighted by Crippen LogP contribution is 2.32. The predicted octanol–water partition coefficient (Wildman–Crippen LogP) is 5.94. The van der Waals surface area contributed by atoms with E-state index in [2.05, 4.69) is 45.8 Å². The zero-order chi connectivity index (χ0) is 28.3. The van der Waals surface area contributed by atoms with Crippen LogP contribution in [0.3, 0.4) is 0 Å². The number of nitrogens with zero attached hydrogens (tertiary/aromatic N) is 2. The van der Waals surface area contributed by atoms with Crippen LogP contribution < -0.4 is 20.1 Å². The van der Waals surface area contributed by atoms with Gasteiger partial charge in [0, 0.05) is 24.0 Å². The number of para-hydroxylation sites is 2. The number of benzene rings is 2. The Kier molecular flexibility index (Phi) is 8.55. The molecule has 2 aromatic carbocycles. The van der Waals surface area contributed by atoms with Crippen LogP contribution in [-0.2, 0) is 10.0 Å². The van der Waals surface area contributed by atoms with E-state index in [1.54, 1.807) is 0 Å². The molecule has 4 rings (SSSR count). The standard InChI is InChI=1S/C27H34F3N5O3S/c1-26(2,3)35-24-20-8-4-5-9-21(20)33-25(34-24)31-16-18-12-14-19(15-13-18)17-32-39(36,37)23-11-7-6-10-22(23)38-27(28,29)30/h4-11,18-19,32H,12-17H2,1-3H3,(H2,31,33,34,35). The Morgan fingerprint density at radius 2 is 1.51 bits per heavy atom. The first-order chi connectivity index (χ1) is 18.3. The SMILES string of the molecule is CC(C)(C)Nc1nc(NCC2CCC(CNS(=O)(=O)c3ccccc3OC(F)(F)F)CC2)nc2ccccc12. The molecule has 0 spiro atoms. The summed E-state index contributed by atoms with van der Waals surface area (Å²) in [6.45, 7) is 7.06. The van der Waals surface area contributed by atoms with Crippen molar-refractivity contribution in [2.75, 3.05) is 23.7 Å². The molecule has 1 saturated carbocycles. The van der Waals surface area contributed by atoms with Gasteiger partial charge in [-0.25, -0.2) is 18.1 Å². The summed E-state index contributed by atoms with van der Waals surface area (Å²) in [5.74, 6) is 1.03. The van der Waals surface area contributed by atoms with E-state index in [-0.39, 0.29) is 18.0 Å². The highest BCUT2D eigenvalue weighted by atomic mass is 32.2. The average Bonchev–Trinajstić information content (AvgIpc) is 2.85. The molecule has 0 bridgehead atoms. The van der Waals surface area contributed by atoms with Gasteiger partial charge in [-0.1, -0.05) is 24.3 Å². The number of aromatic nitrogens is 2. The van der Waals surface area contributed by atoms with Crippen LogP contribution in [0.4, 0.5) is 24.9 Å². The van der Waals surface area contributed by atoms with Gasteiger partial charge < -0.3 is 15.4 Å². The molecule has 0 aliphatic heterocycles. The summed E-state index contributed by atoms with van der Waals surface area (Å²) in [4.78, 5) is 8.84. The zero-order valence-corrected chi connectivity index (χ0v) is 23.0. The molecule has 0 atom stereocenters. The molecule has 1 aliphatic carbocycles. The summed E-state index contributed by atoms with van der Waals surface area (Å²) >= 11 is 0. The maximum absolute atomic E-state index is 12.7. The van der Waals surface area contributed by atoms with Crippen molar-refractivity contribution in [3.05, 3.63) is 48.5 Å². The maximum atomic E-state index is 12.7. The lowest BCUT2D eigenvalue weighted by molar-refractivity contribution is -0.275.